The lowest BCUT2D eigenvalue weighted by atomic mass is 9.87. The SMILES string of the molecule is O=C(NCC1CCC(O)CC1)C1COCCN1. The van der Waals surface area contributed by atoms with Crippen molar-refractivity contribution in [2.75, 3.05) is 26.3 Å². The van der Waals surface area contributed by atoms with Crippen LogP contribution in [0.15, 0.2) is 0 Å². The highest BCUT2D eigenvalue weighted by molar-refractivity contribution is 5.81. The first kappa shape index (κ1) is 12.8. The monoisotopic (exact) mass is 242 g/mol. The summed E-state index contributed by atoms with van der Waals surface area (Å²) in [6.45, 7) is 2.62. The normalized spacial score (nSPS) is 34.3. The molecule has 0 aromatic carbocycles. The minimum atomic E-state index is -0.196. The quantitative estimate of drug-likeness (QED) is 0.632. The Morgan fingerprint density at radius 2 is 2.12 bits per heavy atom. The number of carbonyl (C=O) groups is 1. The van der Waals surface area contributed by atoms with Gasteiger partial charge in [-0.25, -0.2) is 0 Å². The Morgan fingerprint density at radius 1 is 1.35 bits per heavy atom. The molecule has 1 heterocycles. The molecule has 3 N–H and O–H groups in total. The average molecular weight is 242 g/mol. The molecule has 1 unspecified atom stereocenters. The van der Waals surface area contributed by atoms with Crippen molar-refractivity contribution in [2.45, 2.75) is 37.8 Å². The van der Waals surface area contributed by atoms with E-state index in [1.165, 1.54) is 0 Å². The van der Waals surface area contributed by atoms with Gasteiger partial charge in [0.15, 0.2) is 0 Å². The lowest BCUT2D eigenvalue weighted by Gasteiger charge is -2.27. The highest BCUT2D eigenvalue weighted by atomic mass is 16.5. The fourth-order valence-electron chi connectivity index (χ4n) is 2.45. The Kier molecular flexibility index (Phi) is 4.76. The standard InChI is InChI=1S/C12H22N2O3/c15-10-3-1-9(2-4-10)7-14-12(16)11-8-17-6-5-13-11/h9-11,13,15H,1-8H2,(H,14,16). The minimum absolute atomic E-state index is 0.0378. The molecule has 5 nitrogen and oxygen atoms in total. The van der Waals surface area contributed by atoms with Gasteiger partial charge in [-0.2, -0.15) is 0 Å². The molecule has 0 bridgehead atoms. The number of nitrogens with one attached hydrogen (secondary N) is 2. The maximum absolute atomic E-state index is 11.8. The van der Waals surface area contributed by atoms with E-state index in [-0.39, 0.29) is 18.1 Å². The predicted octanol–water partition coefficient (Wildman–Crippen LogP) is -0.358. The van der Waals surface area contributed by atoms with Gasteiger partial charge >= 0.3 is 0 Å². The van der Waals surface area contributed by atoms with Gasteiger partial charge in [0.1, 0.15) is 6.04 Å². The molecule has 2 fully saturated rings. The molecule has 5 heteroatoms. The van der Waals surface area contributed by atoms with Crippen molar-refractivity contribution in [1.82, 2.24) is 10.6 Å². The fourth-order valence-corrected chi connectivity index (χ4v) is 2.45. The van der Waals surface area contributed by atoms with Crippen LogP contribution in [0.2, 0.25) is 0 Å². The second-order valence-corrected chi connectivity index (χ2v) is 5.00. The van der Waals surface area contributed by atoms with E-state index >= 15 is 0 Å². The van der Waals surface area contributed by atoms with E-state index in [2.05, 4.69) is 10.6 Å². The van der Waals surface area contributed by atoms with Crippen molar-refractivity contribution in [2.24, 2.45) is 5.92 Å². The zero-order valence-electron chi connectivity index (χ0n) is 10.2. The molecular formula is C12H22N2O3. The van der Waals surface area contributed by atoms with E-state index in [4.69, 9.17) is 4.74 Å². The number of hydrogen-bond acceptors (Lipinski definition) is 4. The molecule has 98 valence electrons. The number of amides is 1. The minimum Gasteiger partial charge on any atom is -0.393 e. The van der Waals surface area contributed by atoms with Gasteiger partial charge in [-0.15, -0.1) is 0 Å². The summed E-state index contributed by atoms with van der Waals surface area (Å²) in [6, 6.07) is -0.196. The van der Waals surface area contributed by atoms with Crippen LogP contribution in [0.1, 0.15) is 25.7 Å². The van der Waals surface area contributed by atoms with E-state index in [0.29, 0.717) is 19.1 Å². The van der Waals surface area contributed by atoms with Crippen molar-refractivity contribution in [3.63, 3.8) is 0 Å². The zero-order valence-corrected chi connectivity index (χ0v) is 10.2. The van der Waals surface area contributed by atoms with Gasteiger partial charge in [0.05, 0.1) is 19.3 Å². The third-order valence-electron chi connectivity index (χ3n) is 3.62. The van der Waals surface area contributed by atoms with Crippen LogP contribution in [0.3, 0.4) is 0 Å². The second-order valence-electron chi connectivity index (χ2n) is 5.00. The van der Waals surface area contributed by atoms with Crippen molar-refractivity contribution in [1.29, 1.82) is 0 Å². The number of aliphatic hydroxyl groups excluding tert-OH is 1. The van der Waals surface area contributed by atoms with E-state index < -0.39 is 0 Å². The van der Waals surface area contributed by atoms with Crippen LogP contribution in [0.4, 0.5) is 0 Å². The van der Waals surface area contributed by atoms with Gasteiger partial charge in [-0.3, -0.25) is 4.79 Å². The Bertz CT molecular complexity index is 246. The summed E-state index contributed by atoms with van der Waals surface area (Å²) < 4.78 is 5.25. The summed E-state index contributed by atoms with van der Waals surface area (Å²) in [5, 5.41) is 15.5. The lowest BCUT2D eigenvalue weighted by molar-refractivity contribution is -0.126. The van der Waals surface area contributed by atoms with E-state index in [0.717, 1.165) is 38.8 Å². The molecule has 1 saturated carbocycles. The molecule has 0 aromatic rings. The highest BCUT2D eigenvalue weighted by Crippen LogP contribution is 2.23. The smallest absolute Gasteiger partial charge is 0.239 e. The van der Waals surface area contributed by atoms with E-state index in [9.17, 15) is 9.90 Å². The molecular weight excluding hydrogens is 220 g/mol. The van der Waals surface area contributed by atoms with Crippen molar-refractivity contribution in [3.8, 4) is 0 Å². The number of hydrogen-bond donors (Lipinski definition) is 3. The molecule has 2 rings (SSSR count). The van der Waals surface area contributed by atoms with Gasteiger partial charge < -0.3 is 20.5 Å². The van der Waals surface area contributed by atoms with Gasteiger partial charge in [0.25, 0.3) is 0 Å². The predicted molar refractivity (Wildman–Crippen MR) is 63.6 cm³/mol. The van der Waals surface area contributed by atoms with E-state index in [1.54, 1.807) is 0 Å². The van der Waals surface area contributed by atoms with Crippen LogP contribution in [0.5, 0.6) is 0 Å². The molecule has 0 radical (unpaired) electrons. The van der Waals surface area contributed by atoms with Gasteiger partial charge in [0.2, 0.25) is 5.91 Å². The number of carbonyl (C=O) groups excluding carboxylic acids is 1. The summed E-state index contributed by atoms with van der Waals surface area (Å²) in [6.07, 6.45) is 3.62. The lowest BCUT2D eigenvalue weighted by Crippen LogP contribution is -2.52. The van der Waals surface area contributed by atoms with Crippen LogP contribution < -0.4 is 10.6 Å². The van der Waals surface area contributed by atoms with Crippen LogP contribution in [-0.4, -0.2) is 49.5 Å². The van der Waals surface area contributed by atoms with Crippen molar-refractivity contribution >= 4 is 5.91 Å². The van der Waals surface area contributed by atoms with Gasteiger partial charge in [-0.1, -0.05) is 0 Å². The first-order valence-electron chi connectivity index (χ1n) is 6.52. The molecule has 1 atom stereocenters. The van der Waals surface area contributed by atoms with Crippen molar-refractivity contribution < 1.29 is 14.6 Å². The molecule has 2 aliphatic rings. The summed E-state index contributed by atoms with van der Waals surface area (Å²) in [5.41, 5.74) is 0. The Hall–Kier alpha value is -0.650. The maximum Gasteiger partial charge on any atom is 0.239 e. The van der Waals surface area contributed by atoms with Gasteiger partial charge in [0, 0.05) is 13.1 Å². The van der Waals surface area contributed by atoms with Crippen LogP contribution in [0, 0.1) is 5.92 Å². The number of aliphatic hydroxyl groups is 1. The van der Waals surface area contributed by atoms with Crippen LogP contribution in [0.25, 0.3) is 0 Å². The highest BCUT2D eigenvalue weighted by Gasteiger charge is 2.23. The first-order valence-corrected chi connectivity index (χ1v) is 6.52. The summed E-state index contributed by atoms with van der Waals surface area (Å²) >= 11 is 0. The third-order valence-corrected chi connectivity index (χ3v) is 3.62. The molecule has 1 aliphatic carbocycles. The summed E-state index contributed by atoms with van der Waals surface area (Å²) in [4.78, 5) is 11.8. The molecule has 1 amide bonds. The Balaban J connectivity index is 1.65. The van der Waals surface area contributed by atoms with Crippen LogP contribution in [-0.2, 0) is 9.53 Å². The number of morpholine rings is 1. The second kappa shape index (κ2) is 6.33. The average Bonchev–Trinajstić information content (AvgIpc) is 2.39. The Morgan fingerprint density at radius 3 is 2.76 bits per heavy atom. The van der Waals surface area contributed by atoms with Gasteiger partial charge in [-0.05, 0) is 31.6 Å². The topological polar surface area (TPSA) is 70.6 Å². The van der Waals surface area contributed by atoms with Crippen molar-refractivity contribution in [3.05, 3.63) is 0 Å². The fraction of sp³-hybridized carbons (Fsp3) is 0.917. The summed E-state index contributed by atoms with van der Waals surface area (Å²) in [5.74, 6) is 0.558. The molecule has 1 saturated heterocycles. The van der Waals surface area contributed by atoms with E-state index in [1.807, 2.05) is 0 Å². The van der Waals surface area contributed by atoms with Crippen LogP contribution >= 0.6 is 0 Å². The largest absolute Gasteiger partial charge is 0.393 e. The summed E-state index contributed by atoms with van der Waals surface area (Å²) in [7, 11) is 0. The Labute approximate surface area is 102 Å². The molecule has 0 spiro atoms. The molecule has 17 heavy (non-hydrogen) atoms. The number of rotatable bonds is 3. The first-order chi connectivity index (χ1) is 8.25. The third kappa shape index (κ3) is 3.94. The molecule has 1 aliphatic heterocycles. The maximum atomic E-state index is 11.8. The number of ether oxygens (including phenoxy) is 1. The molecule has 0 aromatic heterocycles. The zero-order chi connectivity index (χ0) is 12.1.